The molecule has 1 amide bonds. The van der Waals surface area contributed by atoms with Gasteiger partial charge in [0.15, 0.2) is 0 Å². The maximum absolute atomic E-state index is 12.5. The highest BCUT2D eigenvalue weighted by atomic mass is 16.5. The van der Waals surface area contributed by atoms with Gasteiger partial charge in [0.1, 0.15) is 13.1 Å². The quantitative estimate of drug-likeness (QED) is 0.709. The van der Waals surface area contributed by atoms with Crippen LogP contribution in [0, 0.1) is 0 Å². The Kier molecular flexibility index (Phi) is 7.23. The summed E-state index contributed by atoms with van der Waals surface area (Å²) in [6, 6.07) is 20.6. The molecule has 1 aliphatic heterocycles. The average molecular weight is 353 g/mol. The van der Waals surface area contributed by atoms with E-state index in [1.807, 2.05) is 36.4 Å². The maximum atomic E-state index is 12.5. The average Bonchev–Trinajstić information content (AvgIpc) is 2.71. The summed E-state index contributed by atoms with van der Waals surface area (Å²) in [6.45, 7) is 5.73. The zero-order valence-corrected chi connectivity index (χ0v) is 15.3. The Bertz CT molecular complexity index is 615. The Morgan fingerprint density at radius 3 is 2.12 bits per heavy atom. The molecule has 0 bridgehead atoms. The van der Waals surface area contributed by atoms with Crippen LogP contribution in [0.4, 0.5) is 0 Å². The van der Waals surface area contributed by atoms with E-state index >= 15 is 0 Å². The number of carbonyl (C=O) groups is 1. The van der Waals surface area contributed by atoms with Crippen molar-refractivity contribution in [2.75, 3.05) is 39.4 Å². The molecular weight excluding hydrogens is 324 g/mol. The Morgan fingerprint density at radius 2 is 1.54 bits per heavy atom. The predicted molar refractivity (Wildman–Crippen MR) is 103 cm³/mol. The third-order valence-electron chi connectivity index (χ3n) is 5.02. The van der Waals surface area contributed by atoms with Crippen LogP contribution in [0.25, 0.3) is 0 Å². The van der Waals surface area contributed by atoms with Crippen LogP contribution in [0.3, 0.4) is 0 Å². The molecular formula is C22H29N2O2+. The summed E-state index contributed by atoms with van der Waals surface area (Å²) in [5.74, 6) is 0.224. The second-order valence-electron chi connectivity index (χ2n) is 6.89. The summed E-state index contributed by atoms with van der Waals surface area (Å²) in [7, 11) is 0. The molecule has 1 fully saturated rings. The molecule has 1 heterocycles. The number of carbonyl (C=O) groups excluding carboxylic acids is 1. The Hall–Kier alpha value is -2.17. The molecule has 0 aromatic heterocycles. The van der Waals surface area contributed by atoms with Crippen LogP contribution in [0.1, 0.15) is 29.9 Å². The molecule has 1 aliphatic rings. The van der Waals surface area contributed by atoms with Crippen LogP contribution in [0.5, 0.6) is 0 Å². The normalized spacial score (nSPS) is 15.1. The molecule has 2 N–H and O–H groups in total. The first-order valence-corrected chi connectivity index (χ1v) is 9.61. The first kappa shape index (κ1) is 18.6. The number of ether oxygens (including phenoxy) is 1. The molecule has 138 valence electrons. The van der Waals surface area contributed by atoms with Crippen molar-refractivity contribution in [3.05, 3.63) is 71.8 Å². The summed E-state index contributed by atoms with van der Waals surface area (Å²) < 4.78 is 5.38. The molecule has 0 atom stereocenters. The number of quaternary nitrogens is 1. The van der Waals surface area contributed by atoms with Crippen LogP contribution in [-0.2, 0) is 9.53 Å². The van der Waals surface area contributed by atoms with Crippen LogP contribution < -0.4 is 10.2 Å². The van der Waals surface area contributed by atoms with E-state index in [0.717, 1.165) is 45.8 Å². The summed E-state index contributed by atoms with van der Waals surface area (Å²) in [6.07, 6.45) is 1.50. The SMILES string of the molecule is O=C(CC(c1ccccc1)c1ccccc1)NCCC[NH+]1CCOCC1. The lowest BCUT2D eigenvalue weighted by Crippen LogP contribution is -3.14. The van der Waals surface area contributed by atoms with Crippen molar-refractivity contribution in [1.82, 2.24) is 5.32 Å². The fourth-order valence-corrected chi connectivity index (χ4v) is 3.53. The van der Waals surface area contributed by atoms with Gasteiger partial charge in [0.2, 0.25) is 5.91 Å². The van der Waals surface area contributed by atoms with E-state index < -0.39 is 0 Å². The fourth-order valence-electron chi connectivity index (χ4n) is 3.53. The largest absolute Gasteiger partial charge is 0.370 e. The lowest BCUT2D eigenvalue weighted by atomic mass is 9.88. The van der Waals surface area contributed by atoms with Gasteiger partial charge in [0.25, 0.3) is 0 Å². The summed E-state index contributed by atoms with van der Waals surface area (Å²) in [5, 5.41) is 3.11. The third-order valence-corrected chi connectivity index (χ3v) is 5.02. The lowest BCUT2D eigenvalue weighted by Gasteiger charge is -2.23. The number of amides is 1. The Balaban J connectivity index is 1.51. The number of rotatable bonds is 8. The van der Waals surface area contributed by atoms with Crippen molar-refractivity contribution in [1.29, 1.82) is 0 Å². The van der Waals surface area contributed by atoms with Gasteiger partial charge in [-0.05, 0) is 11.1 Å². The van der Waals surface area contributed by atoms with E-state index in [2.05, 4.69) is 29.6 Å². The summed E-state index contributed by atoms with van der Waals surface area (Å²) >= 11 is 0. The van der Waals surface area contributed by atoms with Crippen molar-refractivity contribution >= 4 is 5.91 Å². The predicted octanol–water partition coefficient (Wildman–Crippen LogP) is 1.63. The van der Waals surface area contributed by atoms with Crippen LogP contribution in [-0.4, -0.2) is 45.3 Å². The van der Waals surface area contributed by atoms with Crippen LogP contribution in [0.15, 0.2) is 60.7 Å². The van der Waals surface area contributed by atoms with Crippen LogP contribution in [0.2, 0.25) is 0 Å². The minimum atomic E-state index is 0.0993. The van der Waals surface area contributed by atoms with Crippen molar-refractivity contribution in [3.63, 3.8) is 0 Å². The highest BCUT2D eigenvalue weighted by Gasteiger charge is 2.18. The van der Waals surface area contributed by atoms with Crippen molar-refractivity contribution in [3.8, 4) is 0 Å². The van der Waals surface area contributed by atoms with Gasteiger partial charge in [-0.2, -0.15) is 0 Å². The zero-order chi connectivity index (χ0) is 18.0. The van der Waals surface area contributed by atoms with Gasteiger partial charge in [-0.15, -0.1) is 0 Å². The molecule has 3 rings (SSSR count). The molecule has 0 unspecified atom stereocenters. The van der Waals surface area contributed by atoms with Gasteiger partial charge in [0.05, 0.1) is 19.8 Å². The Morgan fingerprint density at radius 1 is 0.962 bits per heavy atom. The fraction of sp³-hybridized carbons (Fsp3) is 0.409. The van der Waals surface area contributed by atoms with E-state index in [0.29, 0.717) is 6.42 Å². The first-order chi connectivity index (χ1) is 12.8. The number of nitrogens with one attached hydrogen (secondary N) is 2. The third kappa shape index (κ3) is 5.68. The van der Waals surface area contributed by atoms with Crippen molar-refractivity contribution in [2.45, 2.75) is 18.8 Å². The molecule has 2 aromatic carbocycles. The first-order valence-electron chi connectivity index (χ1n) is 9.61. The van der Waals surface area contributed by atoms with Gasteiger partial charge in [-0.3, -0.25) is 4.79 Å². The monoisotopic (exact) mass is 353 g/mol. The van der Waals surface area contributed by atoms with E-state index in [1.54, 1.807) is 4.90 Å². The smallest absolute Gasteiger partial charge is 0.220 e. The molecule has 2 aromatic rings. The highest BCUT2D eigenvalue weighted by molar-refractivity contribution is 5.77. The molecule has 0 saturated carbocycles. The zero-order valence-electron chi connectivity index (χ0n) is 15.3. The minimum Gasteiger partial charge on any atom is -0.370 e. The van der Waals surface area contributed by atoms with Gasteiger partial charge >= 0.3 is 0 Å². The van der Waals surface area contributed by atoms with Gasteiger partial charge in [-0.25, -0.2) is 0 Å². The van der Waals surface area contributed by atoms with E-state index in [1.165, 1.54) is 11.1 Å². The number of morpholine rings is 1. The van der Waals surface area contributed by atoms with E-state index in [4.69, 9.17) is 4.74 Å². The lowest BCUT2D eigenvalue weighted by molar-refractivity contribution is -0.908. The Labute approximate surface area is 156 Å². The minimum absolute atomic E-state index is 0.0993. The summed E-state index contributed by atoms with van der Waals surface area (Å²) in [4.78, 5) is 14.1. The number of hydrogen-bond donors (Lipinski definition) is 2. The standard InChI is InChI=1S/C22H28N2O2/c25-22(23-12-7-13-24-14-16-26-17-15-24)18-21(19-8-3-1-4-9-19)20-10-5-2-6-11-20/h1-6,8-11,21H,7,12-18H2,(H,23,25)/p+1. The van der Waals surface area contributed by atoms with Gasteiger partial charge in [-0.1, -0.05) is 60.7 Å². The van der Waals surface area contributed by atoms with Gasteiger partial charge in [0, 0.05) is 25.3 Å². The van der Waals surface area contributed by atoms with Crippen molar-refractivity contribution in [2.24, 2.45) is 0 Å². The summed E-state index contributed by atoms with van der Waals surface area (Å²) in [5.41, 5.74) is 2.37. The molecule has 1 saturated heterocycles. The maximum Gasteiger partial charge on any atom is 0.220 e. The molecule has 4 nitrogen and oxygen atoms in total. The molecule has 0 spiro atoms. The van der Waals surface area contributed by atoms with Gasteiger partial charge < -0.3 is 15.0 Å². The van der Waals surface area contributed by atoms with E-state index in [9.17, 15) is 4.79 Å². The van der Waals surface area contributed by atoms with Crippen molar-refractivity contribution < 1.29 is 14.4 Å². The van der Waals surface area contributed by atoms with E-state index in [-0.39, 0.29) is 11.8 Å². The topological polar surface area (TPSA) is 42.8 Å². The second-order valence-corrected chi connectivity index (χ2v) is 6.89. The molecule has 0 radical (unpaired) electrons. The molecule has 4 heteroatoms. The molecule has 0 aliphatic carbocycles. The second kappa shape index (κ2) is 10.1. The number of hydrogen-bond acceptors (Lipinski definition) is 2. The number of benzene rings is 2. The molecule has 26 heavy (non-hydrogen) atoms. The van der Waals surface area contributed by atoms with Crippen LogP contribution >= 0.6 is 0 Å². The highest BCUT2D eigenvalue weighted by Crippen LogP contribution is 2.27.